The predicted octanol–water partition coefficient (Wildman–Crippen LogP) is 2.30. The molecule has 21 heavy (non-hydrogen) atoms. The average Bonchev–Trinajstić information content (AvgIpc) is 2.97. The van der Waals surface area contributed by atoms with Crippen LogP contribution < -0.4 is 5.32 Å². The fourth-order valence-corrected chi connectivity index (χ4v) is 1.68. The van der Waals surface area contributed by atoms with Gasteiger partial charge >= 0.3 is 0 Å². The molecule has 6 nitrogen and oxygen atoms in total. The van der Waals surface area contributed by atoms with Crippen molar-refractivity contribution in [3.8, 4) is 17.5 Å². The Morgan fingerprint density at radius 2 is 2.19 bits per heavy atom. The molecule has 2 aromatic rings. The number of halogens is 1. The van der Waals surface area contributed by atoms with E-state index in [9.17, 15) is 9.18 Å². The van der Waals surface area contributed by atoms with Gasteiger partial charge in [0, 0.05) is 11.6 Å². The summed E-state index contributed by atoms with van der Waals surface area (Å²) in [5.41, 5.74) is 0.520. The lowest BCUT2D eigenvalue weighted by Gasteiger charge is -2.11. The highest BCUT2D eigenvalue weighted by atomic mass is 19.1. The monoisotopic (exact) mass is 288 g/mol. The number of hydrogen-bond acceptors (Lipinski definition) is 5. The van der Waals surface area contributed by atoms with Gasteiger partial charge in [-0.2, -0.15) is 10.2 Å². The molecule has 0 aliphatic carbocycles. The summed E-state index contributed by atoms with van der Waals surface area (Å²) < 4.78 is 17.8. The summed E-state index contributed by atoms with van der Waals surface area (Å²) in [6, 6.07) is 7.23. The van der Waals surface area contributed by atoms with E-state index in [4.69, 9.17) is 9.78 Å². The van der Waals surface area contributed by atoms with Gasteiger partial charge in [0.25, 0.3) is 17.6 Å². The highest BCUT2D eigenvalue weighted by molar-refractivity contribution is 5.90. The standard InChI is InChI=1S/C14H13FN4O2/c1-2-11(7-8-16)17-13(20)12-18-14(21-19-12)9-3-5-10(15)6-4-9/h3-6,11H,2,7H2,1H3,(H,17,20). The highest BCUT2D eigenvalue weighted by Crippen LogP contribution is 2.17. The zero-order chi connectivity index (χ0) is 15.2. The van der Waals surface area contributed by atoms with Gasteiger partial charge in [-0.1, -0.05) is 12.1 Å². The molecule has 1 unspecified atom stereocenters. The molecule has 1 aromatic heterocycles. The van der Waals surface area contributed by atoms with Crippen molar-refractivity contribution in [2.75, 3.05) is 0 Å². The van der Waals surface area contributed by atoms with Gasteiger partial charge in [-0.15, -0.1) is 0 Å². The van der Waals surface area contributed by atoms with Crippen molar-refractivity contribution in [3.63, 3.8) is 0 Å². The minimum atomic E-state index is -0.505. The number of nitriles is 1. The third-order valence-electron chi connectivity index (χ3n) is 2.89. The number of hydrogen-bond donors (Lipinski definition) is 1. The van der Waals surface area contributed by atoms with Crippen LogP contribution in [-0.2, 0) is 0 Å². The lowest BCUT2D eigenvalue weighted by atomic mass is 10.1. The van der Waals surface area contributed by atoms with E-state index < -0.39 is 5.91 Å². The zero-order valence-electron chi connectivity index (χ0n) is 11.3. The van der Waals surface area contributed by atoms with Crippen molar-refractivity contribution in [2.45, 2.75) is 25.8 Å². The summed E-state index contributed by atoms with van der Waals surface area (Å²) >= 11 is 0. The van der Waals surface area contributed by atoms with E-state index in [0.29, 0.717) is 12.0 Å². The molecule has 0 radical (unpaired) electrons. The van der Waals surface area contributed by atoms with Crippen LogP contribution in [0.2, 0.25) is 0 Å². The Labute approximate surface area is 120 Å². The third kappa shape index (κ3) is 3.63. The molecule has 0 saturated carbocycles. The van der Waals surface area contributed by atoms with E-state index in [2.05, 4.69) is 15.5 Å². The Morgan fingerprint density at radius 1 is 1.48 bits per heavy atom. The molecule has 1 aromatic carbocycles. The molecule has 0 aliphatic rings. The van der Waals surface area contributed by atoms with Crippen molar-refractivity contribution in [1.82, 2.24) is 15.5 Å². The molecule has 7 heteroatoms. The van der Waals surface area contributed by atoms with Crippen LogP contribution >= 0.6 is 0 Å². The molecule has 0 fully saturated rings. The second-order valence-corrected chi connectivity index (χ2v) is 4.37. The summed E-state index contributed by atoms with van der Waals surface area (Å²) in [4.78, 5) is 15.9. The highest BCUT2D eigenvalue weighted by Gasteiger charge is 2.18. The van der Waals surface area contributed by atoms with Gasteiger partial charge in [-0.05, 0) is 30.7 Å². The molecule has 0 aliphatic heterocycles. The normalized spacial score (nSPS) is 11.7. The summed E-state index contributed by atoms with van der Waals surface area (Å²) in [6.45, 7) is 1.86. The SMILES string of the molecule is CCC(CC#N)NC(=O)c1noc(-c2ccc(F)cc2)n1. The van der Waals surface area contributed by atoms with Crippen LogP contribution in [0.1, 0.15) is 30.4 Å². The van der Waals surface area contributed by atoms with E-state index in [-0.39, 0.29) is 30.0 Å². The first-order valence-corrected chi connectivity index (χ1v) is 6.41. The number of nitrogens with zero attached hydrogens (tertiary/aromatic N) is 3. The Morgan fingerprint density at radius 3 is 2.81 bits per heavy atom. The maximum absolute atomic E-state index is 12.8. The number of benzene rings is 1. The summed E-state index contributed by atoms with van der Waals surface area (Å²) in [6.07, 6.45) is 0.840. The quantitative estimate of drug-likeness (QED) is 0.911. The lowest BCUT2D eigenvalue weighted by molar-refractivity contribution is 0.0923. The summed E-state index contributed by atoms with van der Waals surface area (Å²) in [5.74, 6) is -0.869. The molecule has 1 atom stereocenters. The smallest absolute Gasteiger partial charge is 0.292 e. The average molecular weight is 288 g/mol. The molecular formula is C14H13FN4O2. The zero-order valence-corrected chi connectivity index (χ0v) is 11.3. The second-order valence-electron chi connectivity index (χ2n) is 4.37. The van der Waals surface area contributed by atoms with Gasteiger partial charge in [0.05, 0.1) is 12.5 Å². The van der Waals surface area contributed by atoms with Gasteiger partial charge in [-0.3, -0.25) is 4.79 Å². The fourth-order valence-electron chi connectivity index (χ4n) is 1.68. The molecule has 2 rings (SSSR count). The van der Waals surface area contributed by atoms with Crippen molar-refractivity contribution in [1.29, 1.82) is 5.26 Å². The van der Waals surface area contributed by atoms with Crippen LogP contribution in [0.5, 0.6) is 0 Å². The topological polar surface area (TPSA) is 91.8 Å². The Balaban J connectivity index is 2.10. The third-order valence-corrected chi connectivity index (χ3v) is 2.89. The van der Waals surface area contributed by atoms with E-state index in [1.165, 1.54) is 24.3 Å². The second kappa shape index (κ2) is 6.61. The Kier molecular flexibility index (Phi) is 4.61. The van der Waals surface area contributed by atoms with Gasteiger partial charge in [0.2, 0.25) is 0 Å². The fraction of sp³-hybridized carbons (Fsp3) is 0.286. The molecule has 0 spiro atoms. The first-order valence-electron chi connectivity index (χ1n) is 6.41. The lowest BCUT2D eigenvalue weighted by Crippen LogP contribution is -2.34. The minimum absolute atomic E-state index is 0.120. The van der Waals surface area contributed by atoms with Crippen LogP contribution in [0.3, 0.4) is 0 Å². The van der Waals surface area contributed by atoms with Crippen LogP contribution in [0.4, 0.5) is 4.39 Å². The molecule has 0 bridgehead atoms. The number of amides is 1. The molecular weight excluding hydrogens is 275 g/mol. The molecule has 1 amide bonds. The maximum atomic E-state index is 12.8. The predicted molar refractivity (Wildman–Crippen MR) is 71.5 cm³/mol. The summed E-state index contributed by atoms with van der Waals surface area (Å²) in [5, 5.41) is 14.9. The van der Waals surface area contributed by atoms with Gasteiger partial charge < -0.3 is 9.84 Å². The van der Waals surface area contributed by atoms with Gasteiger partial charge in [0.1, 0.15) is 5.82 Å². The van der Waals surface area contributed by atoms with E-state index in [1.54, 1.807) is 0 Å². The molecule has 1 heterocycles. The number of carbonyl (C=O) groups excluding carboxylic acids is 1. The van der Waals surface area contributed by atoms with Crippen LogP contribution in [-0.4, -0.2) is 22.1 Å². The van der Waals surface area contributed by atoms with Crippen molar-refractivity contribution >= 4 is 5.91 Å². The van der Waals surface area contributed by atoms with E-state index in [0.717, 1.165) is 0 Å². The van der Waals surface area contributed by atoms with Crippen molar-refractivity contribution in [3.05, 3.63) is 35.9 Å². The number of rotatable bonds is 5. The van der Waals surface area contributed by atoms with E-state index in [1.807, 2.05) is 13.0 Å². The van der Waals surface area contributed by atoms with E-state index >= 15 is 0 Å². The van der Waals surface area contributed by atoms with Gasteiger partial charge in [0.15, 0.2) is 0 Å². The molecule has 0 saturated heterocycles. The minimum Gasteiger partial charge on any atom is -0.345 e. The summed E-state index contributed by atoms with van der Waals surface area (Å²) in [7, 11) is 0. The first-order chi connectivity index (χ1) is 10.1. The number of carbonyl (C=O) groups is 1. The first kappa shape index (κ1) is 14.7. The van der Waals surface area contributed by atoms with Crippen molar-refractivity contribution in [2.24, 2.45) is 0 Å². The molecule has 1 N–H and O–H groups in total. The number of nitrogens with one attached hydrogen (secondary N) is 1. The van der Waals surface area contributed by atoms with Crippen LogP contribution in [0.15, 0.2) is 28.8 Å². The maximum Gasteiger partial charge on any atom is 0.292 e. The Hall–Kier alpha value is -2.75. The molecule has 108 valence electrons. The largest absolute Gasteiger partial charge is 0.345 e. The Bertz CT molecular complexity index is 660. The van der Waals surface area contributed by atoms with Crippen LogP contribution in [0, 0.1) is 17.1 Å². The van der Waals surface area contributed by atoms with Crippen molar-refractivity contribution < 1.29 is 13.7 Å². The number of aromatic nitrogens is 2. The van der Waals surface area contributed by atoms with Gasteiger partial charge in [-0.25, -0.2) is 4.39 Å². The van der Waals surface area contributed by atoms with Crippen LogP contribution in [0.25, 0.3) is 11.5 Å².